The summed E-state index contributed by atoms with van der Waals surface area (Å²) in [7, 11) is -4.33. The molecule has 0 saturated carbocycles. The van der Waals surface area contributed by atoms with Gasteiger partial charge < -0.3 is 10.1 Å². The quantitative estimate of drug-likeness (QED) is 0.239. The maximum absolute atomic E-state index is 13.4. The second kappa shape index (κ2) is 11.7. The third kappa shape index (κ3) is 7.03. The number of thiophene rings is 2. The van der Waals surface area contributed by atoms with Crippen LogP contribution < -0.4 is 5.32 Å². The molecule has 0 radical (unpaired) electrons. The highest BCUT2D eigenvalue weighted by Gasteiger charge is 2.35. The smallest absolute Gasteiger partial charge is 0.433 e. The van der Waals surface area contributed by atoms with Crippen molar-refractivity contribution in [2.75, 3.05) is 11.1 Å². The Kier molecular flexibility index (Phi) is 8.76. The molecule has 1 aliphatic rings. The van der Waals surface area contributed by atoms with Gasteiger partial charge in [0.15, 0.2) is 0 Å². The van der Waals surface area contributed by atoms with E-state index in [-0.39, 0.29) is 24.6 Å². The molecule has 0 bridgehead atoms. The SMILES string of the molecule is CC(C)OC(=O)c1c(NC(=O)CCCS(=O)(=O)c2nc(-c3cccs3)cc(C(F)(F)F)n2)sc2c1CCCC2. The number of nitrogens with zero attached hydrogens (tertiary/aromatic N) is 2. The number of aromatic nitrogens is 2. The lowest BCUT2D eigenvalue weighted by atomic mass is 9.95. The van der Waals surface area contributed by atoms with Crippen LogP contribution in [0.3, 0.4) is 0 Å². The van der Waals surface area contributed by atoms with Gasteiger partial charge in [0.2, 0.25) is 20.9 Å². The normalized spacial score (nSPS) is 13.8. The van der Waals surface area contributed by atoms with E-state index in [2.05, 4.69) is 15.3 Å². The highest BCUT2D eigenvalue weighted by atomic mass is 32.2. The number of rotatable bonds is 9. The molecule has 1 amide bonds. The molecule has 39 heavy (non-hydrogen) atoms. The Labute approximate surface area is 231 Å². The first-order valence-electron chi connectivity index (χ1n) is 12.2. The zero-order valence-corrected chi connectivity index (χ0v) is 23.6. The highest BCUT2D eigenvalue weighted by molar-refractivity contribution is 7.91. The van der Waals surface area contributed by atoms with Crippen LogP contribution in [0.2, 0.25) is 0 Å². The van der Waals surface area contributed by atoms with Gasteiger partial charge >= 0.3 is 12.1 Å². The van der Waals surface area contributed by atoms with Crippen LogP contribution in [-0.4, -0.2) is 42.1 Å². The third-order valence-corrected chi connectivity index (χ3v) is 9.50. The van der Waals surface area contributed by atoms with Gasteiger partial charge in [0, 0.05) is 11.3 Å². The number of sulfone groups is 1. The Hall–Kier alpha value is -2.84. The van der Waals surface area contributed by atoms with Crippen molar-refractivity contribution >= 4 is 49.4 Å². The van der Waals surface area contributed by atoms with E-state index >= 15 is 0 Å². The summed E-state index contributed by atoms with van der Waals surface area (Å²) < 4.78 is 71.4. The summed E-state index contributed by atoms with van der Waals surface area (Å²) in [6.07, 6.45) is -2.24. The number of amides is 1. The van der Waals surface area contributed by atoms with Crippen LogP contribution in [-0.2, 0) is 38.4 Å². The van der Waals surface area contributed by atoms with Crippen LogP contribution in [0.15, 0.2) is 28.7 Å². The van der Waals surface area contributed by atoms with Crippen LogP contribution in [0.5, 0.6) is 0 Å². The first-order valence-corrected chi connectivity index (χ1v) is 15.6. The fraction of sp³-hybridized carbons (Fsp3) is 0.440. The van der Waals surface area contributed by atoms with Gasteiger partial charge in [-0.05, 0) is 69.0 Å². The molecule has 0 aliphatic heterocycles. The molecule has 1 aliphatic carbocycles. The predicted octanol–water partition coefficient (Wildman–Crippen LogP) is 5.92. The number of anilines is 1. The lowest BCUT2D eigenvalue weighted by Gasteiger charge is -2.14. The number of hydrogen-bond acceptors (Lipinski definition) is 9. The van der Waals surface area contributed by atoms with E-state index in [0.717, 1.165) is 41.0 Å². The summed E-state index contributed by atoms with van der Waals surface area (Å²) in [4.78, 5) is 34.0. The van der Waals surface area contributed by atoms with E-state index in [1.165, 1.54) is 17.4 Å². The number of aryl methyl sites for hydroxylation is 1. The molecule has 4 rings (SSSR count). The Balaban J connectivity index is 1.47. The zero-order valence-electron chi connectivity index (χ0n) is 21.1. The fourth-order valence-corrected chi connectivity index (χ4v) is 7.27. The lowest BCUT2D eigenvalue weighted by molar-refractivity contribution is -0.141. The third-order valence-electron chi connectivity index (χ3n) is 5.84. The topological polar surface area (TPSA) is 115 Å². The van der Waals surface area contributed by atoms with Gasteiger partial charge in [-0.3, -0.25) is 4.79 Å². The molecular formula is C25H26F3N3O5S3. The van der Waals surface area contributed by atoms with Crippen molar-refractivity contribution in [1.29, 1.82) is 0 Å². The maximum Gasteiger partial charge on any atom is 0.433 e. The van der Waals surface area contributed by atoms with Crippen LogP contribution >= 0.6 is 22.7 Å². The van der Waals surface area contributed by atoms with Crippen molar-refractivity contribution in [3.8, 4) is 10.6 Å². The highest BCUT2D eigenvalue weighted by Crippen LogP contribution is 2.39. The first-order chi connectivity index (χ1) is 18.3. The molecule has 0 aromatic carbocycles. The largest absolute Gasteiger partial charge is 0.459 e. The summed E-state index contributed by atoms with van der Waals surface area (Å²) >= 11 is 2.43. The Morgan fingerprint density at radius 1 is 1.18 bits per heavy atom. The Bertz CT molecular complexity index is 1470. The summed E-state index contributed by atoms with van der Waals surface area (Å²) in [5.74, 6) is -1.67. The Morgan fingerprint density at radius 3 is 2.59 bits per heavy atom. The zero-order chi connectivity index (χ0) is 28.4. The fourth-order valence-electron chi connectivity index (χ4n) is 4.11. The van der Waals surface area contributed by atoms with E-state index in [1.807, 2.05) is 0 Å². The molecule has 210 valence electrons. The van der Waals surface area contributed by atoms with E-state index in [4.69, 9.17) is 4.74 Å². The van der Waals surface area contributed by atoms with Gasteiger partial charge in [-0.15, -0.1) is 22.7 Å². The van der Waals surface area contributed by atoms with E-state index in [1.54, 1.807) is 25.3 Å². The van der Waals surface area contributed by atoms with Crippen molar-refractivity contribution in [2.45, 2.75) is 69.8 Å². The van der Waals surface area contributed by atoms with Gasteiger partial charge in [-0.2, -0.15) is 13.2 Å². The number of nitrogens with one attached hydrogen (secondary N) is 1. The van der Waals surface area contributed by atoms with E-state index < -0.39 is 44.5 Å². The van der Waals surface area contributed by atoms with Gasteiger partial charge in [-0.1, -0.05) is 6.07 Å². The number of esters is 1. The minimum Gasteiger partial charge on any atom is -0.459 e. The van der Waals surface area contributed by atoms with Gasteiger partial charge in [0.05, 0.1) is 28.0 Å². The van der Waals surface area contributed by atoms with Crippen molar-refractivity contribution in [3.05, 3.63) is 45.3 Å². The van der Waals surface area contributed by atoms with Crippen molar-refractivity contribution in [3.63, 3.8) is 0 Å². The number of alkyl halides is 3. The first kappa shape index (κ1) is 29.2. The monoisotopic (exact) mass is 601 g/mol. The average Bonchev–Trinajstić information content (AvgIpc) is 3.51. The average molecular weight is 602 g/mol. The van der Waals surface area contributed by atoms with Crippen LogP contribution in [0.25, 0.3) is 10.6 Å². The second-order valence-corrected chi connectivity index (χ2v) is 13.3. The van der Waals surface area contributed by atoms with Gasteiger partial charge in [0.1, 0.15) is 10.7 Å². The van der Waals surface area contributed by atoms with E-state index in [0.29, 0.717) is 27.9 Å². The number of carbonyl (C=O) groups is 2. The van der Waals surface area contributed by atoms with Crippen LogP contribution in [0, 0.1) is 0 Å². The van der Waals surface area contributed by atoms with Crippen LogP contribution in [0.4, 0.5) is 18.2 Å². The summed E-state index contributed by atoms with van der Waals surface area (Å²) in [5.41, 5.74) is -0.299. The maximum atomic E-state index is 13.4. The van der Waals surface area contributed by atoms with E-state index in [9.17, 15) is 31.2 Å². The van der Waals surface area contributed by atoms with Gasteiger partial charge in [-0.25, -0.2) is 23.2 Å². The summed E-state index contributed by atoms with van der Waals surface area (Å²) in [5, 5.41) is 3.77. The Morgan fingerprint density at radius 2 is 1.92 bits per heavy atom. The van der Waals surface area contributed by atoms with Crippen molar-refractivity contribution in [2.24, 2.45) is 0 Å². The molecule has 3 aromatic heterocycles. The molecule has 1 N–H and O–H groups in total. The molecule has 0 fully saturated rings. The molecular weight excluding hydrogens is 575 g/mol. The van der Waals surface area contributed by atoms with Crippen molar-refractivity contribution < 1.29 is 35.9 Å². The molecule has 14 heteroatoms. The van der Waals surface area contributed by atoms with Crippen LogP contribution in [0.1, 0.15) is 66.0 Å². The number of hydrogen-bond donors (Lipinski definition) is 1. The minimum atomic E-state index is -4.87. The number of halogens is 3. The van der Waals surface area contributed by atoms with Gasteiger partial charge in [0.25, 0.3) is 0 Å². The molecule has 0 spiro atoms. The lowest BCUT2D eigenvalue weighted by Crippen LogP contribution is -2.19. The standard InChI is InChI=1S/C25H26F3N3O5S3/c1-14(2)36-23(33)21-15-7-3-4-8-17(15)38-22(21)31-20(32)10-6-12-39(34,35)24-29-16(18-9-5-11-37-18)13-19(30-24)25(26,27)28/h5,9,11,13-14H,3-4,6-8,10,12H2,1-2H3,(H,31,32). The second-order valence-electron chi connectivity index (χ2n) is 9.24. The molecule has 3 heterocycles. The molecule has 0 atom stereocenters. The molecule has 0 unspecified atom stereocenters. The van der Waals surface area contributed by atoms with Crippen molar-refractivity contribution in [1.82, 2.24) is 9.97 Å². The molecule has 8 nitrogen and oxygen atoms in total. The number of carbonyl (C=O) groups excluding carboxylic acids is 2. The summed E-state index contributed by atoms with van der Waals surface area (Å²) in [6, 6.07) is 3.85. The molecule has 0 saturated heterocycles. The predicted molar refractivity (Wildman–Crippen MR) is 142 cm³/mol. The number of fused-ring (bicyclic) bond motifs is 1. The molecule has 3 aromatic rings. The minimum absolute atomic E-state index is 0.147. The number of ether oxygens (including phenoxy) is 1. The summed E-state index contributed by atoms with van der Waals surface area (Å²) in [6.45, 7) is 3.46.